The Hall–Kier alpha value is -0.420. The minimum Gasteiger partial charge on any atom is -0.320 e. The highest BCUT2D eigenvalue weighted by atomic mass is 79.9. The van der Waals surface area contributed by atoms with E-state index in [9.17, 15) is 4.39 Å². The van der Waals surface area contributed by atoms with Crippen LogP contribution >= 0.6 is 38.9 Å². The molecule has 1 aromatic carbocycles. The van der Waals surface area contributed by atoms with Crippen LogP contribution in [0.1, 0.15) is 22.0 Å². The third-order valence-corrected chi connectivity index (χ3v) is 4.52. The Labute approximate surface area is 117 Å². The van der Waals surface area contributed by atoms with Gasteiger partial charge >= 0.3 is 0 Å². The Morgan fingerprint density at radius 2 is 2.06 bits per heavy atom. The van der Waals surface area contributed by atoms with Crippen LogP contribution in [0.15, 0.2) is 28.7 Å². The van der Waals surface area contributed by atoms with E-state index in [-0.39, 0.29) is 11.9 Å². The number of thiophene rings is 1. The molecule has 1 atom stereocenters. The van der Waals surface area contributed by atoms with Crippen LogP contribution in [-0.4, -0.2) is 0 Å². The van der Waals surface area contributed by atoms with Crippen molar-refractivity contribution in [3.8, 4) is 0 Å². The van der Waals surface area contributed by atoms with Crippen molar-refractivity contribution in [2.24, 2.45) is 5.73 Å². The quantitative estimate of drug-likeness (QED) is 0.849. The van der Waals surface area contributed by atoms with Crippen LogP contribution in [0.5, 0.6) is 0 Å². The molecule has 0 aliphatic carbocycles. The Bertz CT molecular complexity index is 516. The van der Waals surface area contributed by atoms with Gasteiger partial charge < -0.3 is 5.73 Å². The lowest BCUT2D eigenvalue weighted by molar-refractivity contribution is 0.623. The largest absolute Gasteiger partial charge is 0.320 e. The number of rotatable bonds is 2. The molecule has 17 heavy (non-hydrogen) atoms. The molecule has 1 unspecified atom stereocenters. The molecule has 0 spiro atoms. The fraction of sp³-hybridized carbons (Fsp3) is 0.167. The molecule has 0 bridgehead atoms. The average molecular weight is 335 g/mol. The molecule has 0 saturated carbocycles. The maximum atomic E-state index is 13.3. The van der Waals surface area contributed by atoms with Gasteiger partial charge in [0, 0.05) is 9.35 Å². The van der Waals surface area contributed by atoms with Crippen LogP contribution in [0.4, 0.5) is 4.39 Å². The van der Waals surface area contributed by atoms with Crippen LogP contribution in [0, 0.1) is 12.7 Å². The first-order chi connectivity index (χ1) is 7.97. The monoisotopic (exact) mass is 333 g/mol. The highest BCUT2D eigenvalue weighted by Gasteiger charge is 2.14. The first kappa shape index (κ1) is 13.0. The van der Waals surface area contributed by atoms with Gasteiger partial charge in [-0.1, -0.05) is 27.5 Å². The van der Waals surface area contributed by atoms with Gasteiger partial charge in [0.05, 0.1) is 10.4 Å². The minimum atomic E-state index is -0.349. The van der Waals surface area contributed by atoms with Gasteiger partial charge in [-0.05, 0) is 42.3 Å². The Morgan fingerprint density at radius 1 is 1.35 bits per heavy atom. The van der Waals surface area contributed by atoms with E-state index in [0.29, 0.717) is 4.47 Å². The maximum absolute atomic E-state index is 13.3. The summed E-state index contributed by atoms with van der Waals surface area (Å²) in [6.45, 7) is 1.93. The zero-order chi connectivity index (χ0) is 12.6. The van der Waals surface area contributed by atoms with Gasteiger partial charge in [-0.3, -0.25) is 0 Å². The predicted molar refractivity (Wildman–Crippen MR) is 74.2 cm³/mol. The van der Waals surface area contributed by atoms with E-state index in [0.717, 1.165) is 20.3 Å². The van der Waals surface area contributed by atoms with Crippen molar-refractivity contribution >= 4 is 38.9 Å². The third-order valence-electron chi connectivity index (χ3n) is 2.43. The van der Waals surface area contributed by atoms with Crippen molar-refractivity contribution in [3.63, 3.8) is 0 Å². The van der Waals surface area contributed by atoms with Gasteiger partial charge in [0.25, 0.3) is 0 Å². The molecule has 1 nitrogen and oxygen atoms in total. The molecule has 0 radical (unpaired) electrons. The van der Waals surface area contributed by atoms with Gasteiger partial charge in [0.1, 0.15) is 5.82 Å². The van der Waals surface area contributed by atoms with Gasteiger partial charge in [0.15, 0.2) is 0 Å². The maximum Gasteiger partial charge on any atom is 0.124 e. The zero-order valence-corrected chi connectivity index (χ0v) is 12.2. The molecule has 0 saturated heterocycles. The minimum absolute atomic E-state index is 0.302. The van der Waals surface area contributed by atoms with Gasteiger partial charge in [-0.15, -0.1) is 11.3 Å². The summed E-state index contributed by atoms with van der Waals surface area (Å²) >= 11 is 10.7. The van der Waals surface area contributed by atoms with Crippen LogP contribution in [0.2, 0.25) is 4.34 Å². The standard InChI is InChI=1S/C12H10BrClFNS/c1-6-2-10(17-12(6)14)11(16)7-3-8(13)5-9(15)4-7/h2-5,11H,16H2,1H3. The van der Waals surface area contributed by atoms with Crippen molar-refractivity contribution < 1.29 is 4.39 Å². The van der Waals surface area contributed by atoms with E-state index >= 15 is 0 Å². The van der Waals surface area contributed by atoms with E-state index in [2.05, 4.69) is 15.9 Å². The van der Waals surface area contributed by atoms with Crippen molar-refractivity contribution in [2.45, 2.75) is 13.0 Å². The molecule has 0 aliphatic rings. The summed E-state index contributed by atoms with van der Waals surface area (Å²) in [4.78, 5) is 0.935. The van der Waals surface area contributed by atoms with Crippen molar-refractivity contribution in [2.75, 3.05) is 0 Å². The third kappa shape index (κ3) is 2.88. The molecule has 0 aliphatic heterocycles. The summed E-state index contributed by atoms with van der Waals surface area (Å²) in [6, 6.07) is 6.26. The second-order valence-corrected chi connectivity index (χ2v) is 6.39. The van der Waals surface area contributed by atoms with Gasteiger partial charge in [0.2, 0.25) is 0 Å². The summed E-state index contributed by atoms with van der Waals surface area (Å²) in [5.74, 6) is -0.302. The fourth-order valence-corrected chi connectivity index (χ4v) is 3.29. The summed E-state index contributed by atoms with van der Waals surface area (Å²) in [6.07, 6.45) is 0. The molecule has 0 fully saturated rings. The number of hydrogen-bond donors (Lipinski definition) is 1. The van der Waals surface area contributed by atoms with Crippen molar-refractivity contribution in [1.82, 2.24) is 0 Å². The van der Waals surface area contributed by atoms with Crippen LogP contribution in [0.3, 0.4) is 0 Å². The van der Waals surface area contributed by atoms with E-state index < -0.39 is 0 Å². The molecular weight excluding hydrogens is 325 g/mol. The second kappa shape index (κ2) is 5.06. The number of benzene rings is 1. The molecule has 1 aromatic heterocycles. The lowest BCUT2D eigenvalue weighted by Crippen LogP contribution is -2.10. The molecule has 5 heteroatoms. The number of nitrogens with two attached hydrogens (primary N) is 1. The molecule has 2 rings (SSSR count). The summed E-state index contributed by atoms with van der Waals surface area (Å²) in [7, 11) is 0. The highest BCUT2D eigenvalue weighted by Crippen LogP contribution is 2.33. The van der Waals surface area contributed by atoms with E-state index in [1.807, 2.05) is 19.1 Å². The smallest absolute Gasteiger partial charge is 0.124 e. The molecule has 90 valence electrons. The highest BCUT2D eigenvalue weighted by molar-refractivity contribution is 9.10. The first-order valence-electron chi connectivity index (χ1n) is 4.95. The zero-order valence-electron chi connectivity index (χ0n) is 9.01. The lowest BCUT2D eigenvalue weighted by atomic mass is 10.1. The van der Waals surface area contributed by atoms with Crippen LogP contribution < -0.4 is 5.73 Å². The second-order valence-electron chi connectivity index (χ2n) is 3.79. The molecular formula is C12H10BrClFNS. The molecule has 2 aromatic rings. The predicted octanol–water partition coefficient (Wildman–Crippen LogP) is 4.66. The van der Waals surface area contributed by atoms with Gasteiger partial charge in [-0.2, -0.15) is 0 Å². The first-order valence-corrected chi connectivity index (χ1v) is 6.93. The normalized spacial score (nSPS) is 12.8. The Morgan fingerprint density at radius 3 is 2.59 bits per heavy atom. The topological polar surface area (TPSA) is 26.0 Å². The van der Waals surface area contributed by atoms with E-state index in [4.69, 9.17) is 17.3 Å². The lowest BCUT2D eigenvalue weighted by Gasteiger charge is -2.10. The fourth-order valence-electron chi connectivity index (χ4n) is 1.56. The molecule has 0 amide bonds. The molecule has 2 N–H and O–H groups in total. The average Bonchev–Trinajstić information content (AvgIpc) is 2.57. The van der Waals surface area contributed by atoms with E-state index in [1.54, 1.807) is 0 Å². The number of aryl methyl sites for hydroxylation is 1. The van der Waals surface area contributed by atoms with Crippen molar-refractivity contribution in [1.29, 1.82) is 0 Å². The summed E-state index contributed by atoms with van der Waals surface area (Å²) < 4.78 is 14.7. The molecule has 1 heterocycles. The SMILES string of the molecule is Cc1cc(C(N)c2cc(F)cc(Br)c2)sc1Cl. The summed E-state index contributed by atoms with van der Waals surface area (Å²) in [5, 5.41) is 0. The Balaban J connectivity index is 2.39. The van der Waals surface area contributed by atoms with Crippen LogP contribution in [0.25, 0.3) is 0 Å². The number of hydrogen-bond acceptors (Lipinski definition) is 2. The van der Waals surface area contributed by atoms with E-state index in [1.165, 1.54) is 23.5 Å². The Kier molecular flexibility index (Phi) is 3.88. The number of halogens is 3. The summed E-state index contributed by atoms with van der Waals surface area (Å²) in [5.41, 5.74) is 7.83. The van der Waals surface area contributed by atoms with Crippen LogP contribution in [-0.2, 0) is 0 Å². The van der Waals surface area contributed by atoms with Crippen molar-refractivity contribution in [3.05, 3.63) is 54.9 Å². The van der Waals surface area contributed by atoms with Gasteiger partial charge in [-0.25, -0.2) is 4.39 Å².